The highest BCUT2D eigenvalue weighted by Crippen LogP contribution is 2.30. The summed E-state index contributed by atoms with van der Waals surface area (Å²) >= 11 is 6.43. The zero-order valence-electron chi connectivity index (χ0n) is 16.2. The first-order valence-electron chi connectivity index (χ1n) is 9.29. The lowest BCUT2D eigenvalue weighted by molar-refractivity contribution is 0.0949. The molecule has 29 heavy (non-hydrogen) atoms. The summed E-state index contributed by atoms with van der Waals surface area (Å²) < 4.78 is 9.41. The van der Waals surface area contributed by atoms with Crippen molar-refractivity contribution in [2.75, 3.05) is 13.7 Å². The number of rotatable bonds is 6. The van der Waals surface area contributed by atoms with Gasteiger partial charge in [-0.2, -0.15) is 0 Å². The Bertz CT molecular complexity index is 1170. The fraction of sp³-hybridized carbons (Fsp3) is 0.182. The number of nitrogens with zero attached hydrogens (tertiary/aromatic N) is 3. The smallest absolute Gasteiger partial charge is 0.255 e. The van der Waals surface area contributed by atoms with Crippen LogP contribution in [0.4, 0.5) is 0 Å². The zero-order chi connectivity index (χ0) is 20.4. The number of fused-ring (bicyclic) bond motifs is 1. The van der Waals surface area contributed by atoms with Crippen molar-refractivity contribution in [3.63, 3.8) is 0 Å². The molecule has 0 spiro atoms. The second-order valence-corrected chi connectivity index (χ2v) is 7.06. The van der Waals surface area contributed by atoms with Gasteiger partial charge in [0, 0.05) is 31.5 Å². The summed E-state index contributed by atoms with van der Waals surface area (Å²) in [6, 6.07) is 15.2. The summed E-state index contributed by atoms with van der Waals surface area (Å²) in [6.45, 7) is 3.04. The second kappa shape index (κ2) is 8.01. The van der Waals surface area contributed by atoms with E-state index in [4.69, 9.17) is 16.3 Å². The van der Waals surface area contributed by atoms with Crippen LogP contribution in [0, 0.1) is 6.92 Å². The molecule has 0 aliphatic heterocycles. The van der Waals surface area contributed by atoms with Gasteiger partial charge in [0.15, 0.2) is 0 Å². The summed E-state index contributed by atoms with van der Waals surface area (Å²) in [7, 11) is 1.54. The molecule has 0 aliphatic carbocycles. The maximum atomic E-state index is 12.8. The number of carbonyl (C=O) groups is 1. The minimum absolute atomic E-state index is 0.232. The molecule has 0 unspecified atom stereocenters. The van der Waals surface area contributed by atoms with Crippen molar-refractivity contribution in [3.05, 3.63) is 77.3 Å². The quantitative estimate of drug-likeness (QED) is 0.519. The summed E-state index contributed by atoms with van der Waals surface area (Å²) in [5.74, 6) is 1.15. The number of aromatic nitrogens is 3. The number of hydrogen-bond donors (Lipinski definition) is 1. The van der Waals surface area contributed by atoms with Crippen molar-refractivity contribution in [1.82, 2.24) is 19.4 Å². The van der Waals surface area contributed by atoms with Crippen LogP contribution in [-0.4, -0.2) is 33.7 Å². The fourth-order valence-corrected chi connectivity index (χ4v) is 3.70. The summed E-state index contributed by atoms with van der Waals surface area (Å²) in [5, 5.41) is 3.43. The molecule has 2 heterocycles. The largest absolute Gasteiger partial charge is 0.496 e. The molecule has 148 valence electrons. The number of halogens is 1. The van der Waals surface area contributed by atoms with Gasteiger partial charge in [0.1, 0.15) is 11.6 Å². The Morgan fingerprint density at radius 3 is 2.69 bits per heavy atom. The van der Waals surface area contributed by atoms with E-state index in [0.717, 1.165) is 22.5 Å². The number of carbonyl (C=O) groups excluding carboxylic acids is 1. The highest BCUT2D eigenvalue weighted by Gasteiger charge is 2.17. The van der Waals surface area contributed by atoms with E-state index in [1.807, 2.05) is 60.3 Å². The number of hydrogen-bond acceptors (Lipinski definition) is 3. The van der Waals surface area contributed by atoms with Crippen LogP contribution in [0.25, 0.3) is 16.7 Å². The van der Waals surface area contributed by atoms with Crippen LogP contribution in [0.1, 0.15) is 16.2 Å². The van der Waals surface area contributed by atoms with Crippen molar-refractivity contribution in [3.8, 4) is 11.4 Å². The van der Waals surface area contributed by atoms with Crippen molar-refractivity contribution < 1.29 is 9.53 Å². The molecule has 0 bridgehead atoms. The van der Waals surface area contributed by atoms with Crippen molar-refractivity contribution in [2.45, 2.75) is 13.5 Å². The van der Waals surface area contributed by atoms with Crippen molar-refractivity contribution in [2.24, 2.45) is 0 Å². The SMILES string of the molecule is COc1cc(-n2cccc2)c(Cl)cc1C(=O)NCCn1c(C)nc2ccccc21. The maximum absolute atomic E-state index is 12.8. The molecule has 2 aromatic heterocycles. The number of para-hydroxylation sites is 2. The Kier molecular flexibility index (Phi) is 5.27. The highest BCUT2D eigenvalue weighted by atomic mass is 35.5. The molecular formula is C22H21ClN4O2. The van der Waals surface area contributed by atoms with Crippen molar-refractivity contribution >= 4 is 28.5 Å². The Balaban J connectivity index is 1.51. The number of amides is 1. The fourth-order valence-electron chi connectivity index (χ4n) is 3.44. The minimum Gasteiger partial charge on any atom is -0.496 e. The average Bonchev–Trinajstić information content (AvgIpc) is 3.36. The van der Waals surface area contributed by atoms with Gasteiger partial charge in [-0.05, 0) is 37.3 Å². The van der Waals surface area contributed by atoms with Gasteiger partial charge in [-0.3, -0.25) is 4.79 Å². The summed E-state index contributed by atoms with van der Waals surface area (Å²) in [4.78, 5) is 17.3. The predicted molar refractivity (Wildman–Crippen MR) is 114 cm³/mol. The Morgan fingerprint density at radius 2 is 1.93 bits per heavy atom. The Hall–Kier alpha value is -3.25. The van der Waals surface area contributed by atoms with Crippen LogP contribution in [-0.2, 0) is 6.54 Å². The molecule has 1 amide bonds. The van der Waals surface area contributed by atoms with E-state index < -0.39 is 0 Å². The third-order valence-corrected chi connectivity index (χ3v) is 5.17. The monoisotopic (exact) mass is 408 g/mol. The molecule has 7 heteroatoms. The number of aryl methyl sites for hydroxylation is 1. The van der Waals surface area contributed by atoms with E-state index in [9.17, 15) is 4.79 Å². The van der Waals surface area contributed by atoms with E-state index in [1.165, 1.54) is 0 Å². The molecular weight excluding hydrogens is 388 g/mol. The third-order valence-electron chi connectivity index (χ3n) is 4.86. The molecule has 0 aliphatic rings. The topological polar surface area (TPSA) is 61.1 Å². The lowest BCUT2D eigenvalue weighted by Gasteiger charge is -2.14. The van der Waals surface area contributed by atoms with Crippen molar-refractivity contribution in [1.29, 1.82) is 0 Å². The molecule has 0 saturated carbocycles. The van der Waals surface area contributed by atoms with E-state index in [1.54, 1.807) is 19.2 Å². The molecule has 0 atom stereocenters. The summed E-state index contributed by atoms with van der Waals surface area (Å²) in [5.41, 5.74) is 3.16. The number of methoxy groups -OCH3 is 1. The van der Waals surface area contributed by atoms with E-state index >= 15 is 0 Å². The molecule has 0 saturated heterocycles. The first kappa shape index (κ1) is 19.1. The van der Waals surface area contributed by atoms with Gasteiger partial charge in [-0.1, -0.05) is 23.7 Å². The Morgan fingerprint density at radius 1 is 1.17 bits per heavy atom. The number of nitrogens with one attached hydrogen (secondary N) is 1. The minimum atomic E-state index is -0.232. The first-order valence-corrected chi connectivity index (χ1v) is 9.67. The normalized spacial score (nSPS) is 11.0. The van der Waals surface area contributed by atoms with Crippen LogP contribution in [0.5, 0.6) is 5.75 Å². The molecule has 6 nitrogen and oxygen atoms in total. The Labute approximate surface area is 173 Å². The molecule has 4 rings (SSSR count). The van der Waals surface area contributed by atoms with Crippen LogP contribution in [0.15, 0.2) is 60.9 Å². The molecule has 2 aromatic carbocycles. The molecule has 0 fully saturated rings. The average molecular weight is 409 g/mol. The van der Waals surface area contributed by atoms with Gasteiger partial charge in [-0.25, -0.2) is 4.98 Å². The zero-order valence-corrected chi connectivity index (χ0v) is 17.0. The van der Waals surface area contributed by atoms with Gasteiger partial charge in [0.25, 0.3) is 5.91 Å². The van der Waals surface area contributed by atoms with Gasteiger partial charge in [0.2, 0.25) is 0 Å². The summed E-state index contributed by atoms with van der Waals surface area (Å²) in [6.07, 6.45) is 3.77. The molecule has 4 aromatic rings. The van der Waals surface area contributed by atoms with Crippen LogP contribution >= 0.6 is 11.6 Å². The van der Waals surface area contributed by atoms with Gasteiger partial charge in [-0.15, -0.1) is 0 Å². The van der Waals surface area contributed by atoms with Crippen LogP contribution < -0.4 is 10.1 Å². The van der Waals surface area contributed by atoms with E-state index in [-0.39, 0.29) is 5.91 Å². The third kappa shape index (κ3) is 3.71. The standard InChI is InChI=1S/C22H21ClN4O2/c1-15-25-18-7-3-4-8-19(18)27(15)12-9-24-22(28)16-13-17(23)20(14-21(16)29-2)26-10-5-6-11-26/h3-8,10-11,13-14H,9,12H2,1-2H3,(H,24,28). The van der Waals surface area contributed by atoms with E-state index in [2.05, 4.69) is 14.9 Å². The molecule has 1 N–H and O–H groups in total. The molecule has 0 radical (unpaired) electrons. The first-order chi connectivity index (χ1) is 14.1. The van der Waals surface area contributed by atoms with Gasteiger partial charge >= 0.3 is 0 Å². The predicted octanol–water partition coefficient (Wildman–Crippen LogP) is 4.23. The lowest BCUT2D eigenvalue weighted by Crippen LogP contribution is -2.28. The number of benzene rings is 2. The second-order valence-electron chi connectivity index (χ2n) is 6.65. The van der Waals surface area contributed by atoms with Gasteiger partial charge in [0.05, 0.1) is 34.4 Å². The number of ether oxygens (including phenoxy) is 1. The highest BCUT2D eigenvalue weighted by molar-refractivity contribution is 6.33. The number of imidazole rings is 1. The lowest BCUT2D eigenvalue weighted by atomic mass is 10.1. The maximum Gasteiger partial charge on any atom is 0.255 e. The van der Waals surface area contributed by atoms with E-state index in [0.29, 0.717) is 29.4 Å². The van der Waals surface area contributed by atoms with Crippen LogP contribution in [0.3, 0.4) is 0 Å². The van der Waals surface area contributed by atoms with Crippen LogP contribution in [0.2, 0.25) is 5.02 Å². The van der Waals surface area contributed by atoms with Gasteiger partial charge < -0.3 is 19.2 Å².